The minimum atomic E-state index is -0.675. The lowest BCUT2D eigenvalue weighted by molar-refractivity contribution is -0.162. The van der Waals surface area contributed by atoms with Crippen molar-refractivity contribution in [3.05, 3.63) is 48.0 Å². The van der Waals surface area contributed by atoms with Gasteiger partial charge in [0.2, 0.25) is 0 Å². The van der Waals surface area contributed by atoms with Gasteiger partial charge in [0.05, 0.1) is 0 Å². The summed E-state index contributed by atoms with van der Waals surface area (Å²) in [5.74, 6) is -0.287. The first-order chi connectivity index (χ1) is 12.2. The number of carbonyl (C=O) groups excluding carboxylic acids is 1. The van der Waals surface area contributed by atoms with Crippen molar-refractivity contribution < 1.29 is 14.3 Å². The molecular weight excluding hydrogens is 542 g/mol. The van der Waals surface area contributed by atoms with Crippen LogP contribution in [-0.2, 0) is 14.3 Å². The normalized spacial score (nSPS) is 12.5. The largest absolute Gasteiger partial charge is 0.460 e. The topological polar surface area (TPSA) is 35.5 Å². The van der Waals surface area contributed by atoms with Crippen molar-refractivity contribution in [3.8, 4) is 0 Å². The van der Waals surface area contributed by atoms with Crippen molar-refractivity contribution in [1.29, 1.82) is 0 Å². The number of alkyl halides is 2. The molecule has 0 N–H and O–H groups in total. The second-order valence-corrected chi connectivity index (χ2v) is 8.10. The van der Waals surface area contributed by atoms with Gasteiger partial charge in [0.15, 0.2) is 6.10 Å². The second kappa shape index (κ2) is 11.3. The highest BCUT2D eigenvalue weighted by atomic mass is 127. The summed E-state index contributed by atoms with van der Waals surface area (Å²) in [5.41, 5.74) is 0.840. The van der Waals surface area contributed by atoms with Crippen LogP contribution in [0.4, 0.5) is 0 Å². The molecule has 2 rings (SSSR count). The molecule has 3 nitrogen and oxygen atoms in total. The number of esters is 1. The summed E-state index contributed by atoms with van der Waals surface area (Å²) >= 11 is 4.73. The van der Waals surface area contributed by atoms with Gasteiger partial charge in [-0.1, -0.05) is 81.6 Å². The molecule has 0 aromatic heterocycles. The molecule has 5 heteroatoms. The van der Waals surface area contributed by atoms with E-state index in [2.05, 4.69) is 51.2 Å². The van der Waals surface area contributed by atoms with E-state index in [1.807, 2.05) is 36.4 Å². The number of halogens is 2. The van der Waals surface area contributed by atoms with Crippen molar-refractivity contribution in [2.24, 2.45) is 0 Å². The van der Waals surface area contributed by atoms with Gasteiger partial charge in [-0.25, -0.2) is 4.79 Å². The third kappa shape index (κ3) is 6.36. The van der Waals surface area contributed by atoms with Crippen molar-refractivity contribution in [2.45, 2.75) is 37.9 Å². The van der Waals surface area contributed by atoms with Gasteiger partial charge in [0.1, 0.15) is 6.10 Å². The Labute approximate surface area is 177 Å². The van der Waals surface area contributed by atoms with E-state index in [4.69, 9.17) is 9.47 Å². The fourth-order valence-electron chi connectivity index (χ4n) is 2.84. The Morgan fingerprint density at radius 3 is 2.24 bits per heavy atom. The van der Waals surface area contributed by atoms with Gasteiger partial charge >= 0.3 is 5.97 Å². The molecule has 0 amide bonds. The zero-order valence-corrected chi connectivity index (χ0v) is 18.7. The molecule has 2 aromatic rings. The average Bonchev–Trinajstić information content (AvgIpc) is 2.64. The third-order valence-electron chi connectivity index (χ3n) is 4.13. The van der Waals surface area contributed by atoms with Gasteiger partial charge in [-0.2, -0.15) is 0 Å². The number of methoxy groups -OCH3 is 1. The van der Waals surface area contributed by atoms with Gasteiger partial charge in [-0.3, -0.25) is 0 Å². The fraction of sp³-hybridized carbons (Fsp3) is 0.450. The summed E-state index contributed by atoms with van der Waals surface area (Å²) in [4.78, 5) is 12.7. The number of rotatable bonds is 10. The van der Waals surface area contributed by atoms with Crippen LogP contribution in [0.5, 0.6) is 0 Å². The highest BCUT2D eigenvalue weighted by Gasteiger charge is 2.25. The summed E-state index contributed by atoms with van der Waals surface area (Å²) < 4.78 is 13.4. The number of carbonyl (C=O) groups is 1. The lowest BCUT2D eigenvalue weighted by atomic mass is 10.0. The molecule has 0 saturated carbocycles. The monoisotopic (exact) mass is 566 g/mol. The number of hydrogen-bond acceptors (Lipinski definition) is 3. The van der Waals surface area contributed by atoms with E-state index in [1.54, 1.807) is 7.11 Å². The molecule has 0 radical (unpaired) electrons. The van der Waals surface area contributed by atoms with Crippen LogP contribution in [0.3, 0.4) is 0 Å². The summed E-state index contributed by atoms with van der Waals surface area (Å²) in [6.07, 6.45) is 3.26. The molecule has 0 saturated heterocycles. The Kier molecular flexibility index (Phi) is 9.47. The third-order valence-corrected chi connectivity index (χ3v) is 5.65. The smallest absolute Gasteiger partial charge is 0.340 e. The first-order valence-electron chi connectivity index (χ1n) is 8.53. The molecule has 0 heterocycles. The van der Waals surface area contributed by atoms with E-state index in [1.165, 1.54) is 0 Å². The van der Waals surface area contributed by atoms with Crippen LogP contribution in [0.25, 0.3) is 10.8 Å². The quantitative estimate of drug-likeness (QED) is 0.205. The SMILES string of the molecule is COC(C(=O)OC(CCCI)CCCI)c1ccc2ccccc2c1. The maximum absolute atomic E-state index is 12.7. The summed E-state index contributed by atoms with van der Waals surface area (Å²) in [5, 5.41) is 2.25. The maximum Gasteiger partial charge on any atom is 0.340 e. The number of hydrogen-bond donors (Lipinski definition) is 0. The first kappa shape index (κ1) is 20.9. The Morgan fingerprint density at radius 2 is 1.64 bits per heavy atom. The molecule has 136 valence electrons. The highest BCUT2D eigenvalue weighted by Crippen LogP contribution is 2.25. The maximum atomic E-state index is 12.7. The van der Waals surface area contributed by atoms with E-state index < -0.39 is 6.10 Å². The van der Waals surface area contributed by atoms with E-state index in [-0.39, 0.29) is 12.1 Å². The van der Waals surface area contributed by atoms with Crippen LogP contribution in [-0.4, -0.2) is 28.0 Å². The van der Waals surface area contributed by atoms with Gasteiger partial charge in [0, 0.05) is 7.11 Å². The van der Waals surface area contributed by atoms with Crippen LogP contribution in [0.2, 0.25) is 0 Å². The Bertz CT molecular complexity index is 667. The Morgan fingerprint density at radius 1 is 1.00 bits per heavy atom. The van der Waals surface area contributed by atoms with Gasteiger partial charge in [-0.05, 0) is 56.9 Å². The van der Waals surface area contributed by atoms with E-state index >= 15 is 0 Å². The van der Waals surface area contributed by atoms with E-state index in [9.17, 15) is 4.79 Å². The molecule has 0 aliphatic carbocycles. The lowest BCUT2D eigenvalue weighted by Gasteiger charge is -2.21. The average molecular weight is 566 g/mol. The lowest BCUT2D eigenvalue weighted by Crippen LogP contribution is -2.24. The van der Waals surface area contributed by atoms with Crippen LogP contribution < -0.4 is 0 Å². The minimum Gasteiger partial charge on any atom is -0.460 e. The molecule has 2 aromatic carbocycles. The molecule has 0 aliphatic heterocycles. The fourth-order valence-corrected chi connectivity index (χ4v) is 3.72. The Hall–Kier alpha value is -0.410. The molecular formula is C20H24I2O3. The Balaban J connectivity index is 2.11. The van der Waals surface area contributed by atoms with Crippen LogP contribution in [0.1, 0.15) is 37.4 Å². The first-order valence-corrected chi connectivity index (χ1v) is 11.6. The minimum absolute atomic E-state index is 0.0184. The highest BCUT2D eigenvalue weighted by molar-refractivity contribution is 14.1. The standard InChI is InChI=1S/C20H24I2O3/c1-24-19(17-11-10-15-6-2-3-7-16(15)14-17)20(23)25-18(8-4-12-21)9-5-13-22/h2-3,6-7,10-11,14,18-19H,4-5,8-9,12-13H2,1H3. The van der Waals surface area contributed by atoms with E-state index in [0.717, 1.165) is 50.9 Å². The second-order valence-electron chi connectivity index (χ2n) is 5.94. The van der Waals surface area contributed by atoms with Crippen molar-refractivity contribution >= 4 is 61.9 Å². The van der Waals surface area contributed by atoms with Gasteiger partial charge < -0.3 is 9.47 Å². The molecule has 1 atom stereocenters. The number of fused-ring (bicyclic) bond motifs is 1. The van der Waals surface area contributed by atoms with E-state index in [0.29, 0.717) is 0 Å². The van der Waals surface area contributed by atoms with Crippen LogP contribution >= 0.6 is 45.2 Å². The zero-order chi connectivity index (χ0) is 18.1. The molecule has 1 unspecified atom stereocenters. The molecule has 0 bridgehead atoms. The van der Waals surface area contributed by atoms with Crippen molar-refractivity contribution in [1.82, 2.24) is 0 Å². The summed E-state index contributed by atoms with van der Waals surface area (Å²) in [6.45, 7) is 0. The predicted octanol–water partition coefficient (Wildman–Crippen LogP) is 5.87. The molecule has 0 aliphatic rings. The van der Waals surface area contributed by atoms with Crippen molar-refractivity contribution in [2.75, 3.05) is 16.0 Å². The van der Waals surface area contributed by atoms with Crippen LogP contribution in [0.15, 0.2) is 42.5 Å². The van der Waals surface area contributed by atoms with Crippen molar-refractivity contribution in [3.63, 3.8) is 0 Å². The number of ether oxygens (including phenoxy) is 2. The molecule has 0 fully saturated rings. The zero-order valence-electron chi connectivity index (χ0n) is 14.4. The van der Waals surface area contributed by atoms with Gasteiger partial charge in [0.25, 0.3) is 0 Å². The van der Waals surface area contributed by atoms with Gasteiger partial charge in [-0.15, -0.1) is 0 Å². The predicted molar refractivity (Wildman–Crippen MR) is 120 cm³/mol. The molecule has 0 spiro atoms. The molecule has 25 heavy (non-hydrogen) atoms. The number of benzene rings is 2. The summed E-state index contributed by atoms with van der Waals surface area (Å²) in [6, 6.07) is 14.1. The summed E-state index contributed by atoms with van der Waals surface area (Å²) in [7, 11) is 1.56. The van der Waals surface area contributed by atoms with Crippen LogP contribution in [0, 0.1) is 0 Å².